The molecule has 0 spiro atoms. The van der Waals surface area contributed by atoms with Gasteiger partial charge in [0.15, 0.2) is 0 Å². The summed E-state index contributed by atoms with van der Waals surface area (Å²) in [4.78, 5) is 11.2. The number of esters is 1. The van der Waals surface area contributed by atoms with Gasteiger partial charge in [0, 0.05) is 22.2 Å². The molecule has 17 heavy (non-hydrogen) atoms. The molecule has 0 N–H and O–H groups in total. The van der Waals surface area contributed by atoms with Crippen molar-refractivity contribution in [2.45, 2.75) is 13.3 Å². The molecule has 0 aliphatic rings. The lowest BCUT2D eigenvalue weighted by atomic mass is 10.1. The van der Waals surface area contributed by atoms with Crippen LogP contribution in [-0.2, 0) is 25.7 Å². The Balaban J connectivity index is 2.76. The highest BCUT2D eigenvalue weighted by Crippen LogP contribution is 2.15. The lowest BCUT2D eigenvalue weighted by Crippen LogP contribution is -2.07. The molecule has 0 aliphatic heterocycles. The zero-order chi connectivity index (χ0) is 12.9. The minimum Gasteiger partial charge on any atom is -0.466 e. The number of benzene rings is 1. The standard InChI is InChI=1S/C12H17NO3S/c1-4-16-12(14)9-10-5-7-11(8-6-10)13-17(2,3)15/h5-8H,4,9H2,1-3H3. The monoisotopic (exact) mass is 255 g/mol. The van der Waals surface area contributed by atoms with Gasteiger partial charge in [-0.3, -0.25) is 4.79 Å². The average molecular weight is 255 g/mol. The summed E-state index contributed by atoms with van der Waals surface area (Å²) in [6, 6.07) is 7.09. The van der Waals surface area contributed by atoms with Crippen molar-refractivity contribution in [2.75, 3.05) is 19.1 Å². The van der Waals surface area contributed by atoms with E-state index in [0.29, 0.717) is 12.3 Å². The molecule has 94 valence electrons. The van der Waals surface area contributed by atoms with Crippen LogP contribution in [-0.4, -0.2) is 29.3 Å². The predicted octanol–water partition coefficient (Wildman–Crippen LogP) is 2.15. The summed E-state index contributed by atoms with van der Waals surface area (Å²) in [7, 11) is -2.14. The summed E-state index contributed by atoms with van der Waals surface area (Å²) in [6.07, 6.45) is 3.42. The number of carbonyl (C=O) groups excluding carboxylic acids is 1. The number of hydrogen-bond donors (Lipinski definition) is 0. The lowest BCUT2D eigenvalue weighted by Gasteiger charge is -2.02. The SMILES string of the molecule is CCOC(=O)Cc1ccc(N=S(C)(C)=O)cc1. The molecule has 0 aliphatic carbocycles. The van der Waals surface area contributed by atoms with E-state index >= 15 is 0 Å². The van der Waals surface area contributed by atoms with E-state index in [1.54, 1.807) is 43.7 Å². The first kappa shape index (κ1) is 13.7. The maximum Gasteiger partial charge on any atom is 0.310 e. The third kappa shape index (κ3) is 5.49. The first-order valence-corrected chi connectivity index (χ1v) is 7.65. The largest absolute Gasteiger partial charge is 0.466 e. The number of hydrogen-bond acceptors (Lipinski definition) is 4. The van der Waals surface area contributed by atoms with Crippen molar-refractivity contribution in [1.82, 2.24) is 0 Å². The molecule has 0 bridgehead atoms. The molecule has 0 fully saturated rings. The summed E-state index contributed by atoms with van der Waals surface area (Å²) in [6.45, 7) is 2.17. The fraction of sp³-hybridized carbons (Fsp3) is 0.417. The van der Waals surface area contributed by atoms with E-state index in [-0.39, 0.29) is 12.4 Å². The van der Waals surface area contributed by atoms with Gasteiger partial charge in [0.25, 0.3) is 0 Å². The van der Waals surface area contributed by atoms with Crippen LogP contribution >= 0.6 is 0 Å². The van der Waals surface area contributed by atoms with Gasteiger partial charge in [-0.15, -0.1) is 0 Å². The van der Waals surface area contributed by atoms with Crippen molar-refractivity contribution < 1.29 is 13.7 Å². The van der Waals surface area contributed by atoms with Crippen LogP contribution in [0.2, 0.25) is 0 Å². The van der Waals surface area contributed by atoms with Gasteiger partial charge in [0.1, 0.15) is 0 Å². The van der Waals surface area contributed by atoms with E-state index in [4.69, 9.17) is 4.74 Å². The number of ether oxygens (including phenoxy) is 1. The topological polar surface area (TPSA) is 55.7 Å². The van der Waals surface area contributed by atoms with Crippen LogP contribution in [0.25, 0.3) is 0 Å². The molecule has 0 aromatic heterocycles. The fourth-order valence-electron chi connectivity index (χ4n) is 1.31. The third-order valence-electron chi connectivity index (χ3n) is 1.92. The zero-order valence-corrected chi connectivity index (χ0v) is 11.1. The molecular weight excluding hydrogens is 238 g/mol. The lowest BCUT2D eigenvalue weighted by molar-refractivity contribution is -0.142. The van der Waals surface area contributed by atoms with Gasteiger partial charge in [-0.05, 0) is 24.6 Å². The number of carbonyl (C=O) groups is 1. The fourth-order valence-corrected chi connectivity index (χ4v) is 1.94. The van der Waals surface area contributed by atoms with Crippen molar-refractivity contribution in [2.24, 2.45) is 4.36 Å². The summed E-state index contributed by atoms with van der Waals surface area (Å²) >= 11 is 0. The second-order valence-electron chi connectivity index (χ2n) is 3.92. The van der Waals surface area contributed by atoms with Gasteiger partial charge in [0.05, 0.1) is 18.7 Å². The highest BCUT2D eigenvalue weighted by Gasteiger charge is 2.03. The van der Waals surface area contributed by atoms with Crippen molar-refractivity contribution in [3.05, 3.63) is 29.8 Å². The van der Waals surface area contributed by atoms with E-state index in [2.05, 4.69) is 4.36 Å². The molecule has 0 radical (unpaired) electrons. The molecule has 0 heterocycles. The summed E-state index contributed by atoms with van der Waals surface area (Å²) in [5, 5.41) is 0. The number of nitrogens with zero attached hydrogens (tertiary/aromatic N) is 1. The normalized spacial score (nSPS) is 11.0. The molecule has 1 aromatic rings. The Labute approximate surface area is 102 Å². The van der Waals surface area contributed by atoms with Gasteiger partial charge < -0.3 is 4.74 Å². The van der Waals surface area contributed by atoms with Gasteiger partial charge in [-0.25, -0.2) is 4.21 Å². The van der Waals surface area contributed by atoms with Crippen molar-refractivity contribution in [1.29, 1.82) is 0 Å². The first-order valence-electron chi connectivity index (χ1n) is 5.32. The van der Waals surface area contributed by atoms with Crippen molar-refractivity contribution in [3.63, 3.8) is 0 Å². The Hall–Kier alpha value is -1.36. The molecule has 0 unspecified atom stereocenters. The minimum absolute atomic E-state index is 0.244. The van der Waals surface area contributed by atoms with E-state index in [1.165, 1.54) is 0 Å². The first-order chi connectivity index (χ1) is 7.90. The summed E-state index contributed by atoms with van der Waals surface area (Å²) < 4.78 is 20.4. The Bertz CT molecular complexity index is 491. The smallest absolute Gasteiger partial charge is 0.310 e. The Kier molecular flexibility index (Phi) is 4.69. The van der Waals surface area contributed by atoms with E-state index in [9.17, 15) is 9.00 Å². The molecule has 4 nitrogen and oxygen atoms in total. The summed E-state index contributed by atoms with van der Waals surface area (Å²) in [5.41, 5.74) is 1.52. The second-order valence-corrected chi connectivity index (χ2v) is 6.47. The highest BCUT2D eigenvalue weighted by atomic mass is 32.2. The molecule has 0 atom stereocenters. The van der Waals surface area contributed by atoms with Crippen molar-refractivity contribution in [3.8, 4) is 0 Å². The number of rotatable bonds is 4. The highest BCUT2D eigenvalue weighted by molar-refractivity contribution is 7.92. The molecule has 1 rings (SSSR count). The van der Waals surface area contributed by atoms with E-state index < -0.39 is 9.73 Å². The van der Waals surface area contributed by atoms with Gasteiger partial charge >= 0.3 is 5.97 Å². The maximum absolute atomic E-state index is 11.5. The third-order valence-corrected chi connectivity index (χ3v) is 2.57. The minimum atomic E-state index is -2.14. The summed E-state index contributed by atoms with van der Waals surface area (Å²) in [5.74, 6) is -0.244. The molecule has 1 aromatic carbocycles. The second kappa shape index (κ2) is 5.82. The van der Waals surface area contributed by atoms with Crippen molar-refractivity contribution >= 4 is 21.4 Å². The molecule has 0 saturated heterocycles. The van der Waals surface area contributed by atoms with Gasteiger partial charge in [-0.2, -0.15) is 4.36 Å². The average Bonchev–Trinajstić information content (AvgIpc) is 2.19. The van der Waals surface area contributed by atoms with Crippen LogP contribution in [0.15, 0.2) is 28.6 Å². The van der Waals surface area contributed by atoms with Crippen LogP contribution < -0.4 is 0 Å². The maximum atomic E-state index is 11.5. The quantitative estimate of drug-likeness (QED) is 0.775. The zero-order valence-electron chi connectivity index (χ0n) is 10.3. The molecule has 0 amide bonds. The van der Waals surface area contributed by atoms with Gasteiger partial charge in [-0.1, -0.05) is 12.1 Å². The van der Waals surface area contributed by atoms with Crippen LogP contribution in [0.4, 0.5) is 5.69 Å². The molecular formula is C12H17NO3S. The van der Waals surface area contributed by atoms with Crippen LogP contribution in [0.1, 0.15) is 12.5 Å². The molecule has 0 saturated carbocycles. The predicted molar refractivity (Wildman–Crippen MR) is 68.9 cm³/mol. The van der Waals surface area contributed by atoms with E-state index in [1.807, 2.05) is 0 Å². The Morgan fingerprint density at radius 3 is 2.35 bits per heavy atom. The van der Waals surface area contributed by atoms with Crippen LogP contribution in [0, 0.1) is 0 Å². The molecule has 5 heteroatoms. The Morgan fingerprint density at radius 2 is 1.88 bits per heavy atom. The Morgan fingerprint density at radius 1 is 1.29 bits per heavy atom. The van der Waals surface area contributed by atoms with Gasteiger partial charge in [0.2, 0.25) is 0 Å². The van der Waals surface area contributed by atoms with Crippen LogP contribution in [0.5, 0.6) is 0 Å². The van der Waals surface area contributed by atoms with E-state index in [0.717, 1.165) is 5.56 Å². The van der Waals surface area contributed by atoms with Crippen LogP contribution in [0.3, 0.4) is 0 Å².